The van der Waals surface area contributed by atoms with Gasteiger partial charge >= 0.3 is 0 Å². The maximum absolute atomic E-state index is 9.41. The molecule has 1 aliphatic rings. The first-order valence-corrected chi connectivity index (χ1v) is 6.51. The molecule has 96 valence electrons. The molecule has 4 nitrogen and oxygen atoms in total. The van der Waals surface area contributed by atoms with Gasteiger partial charge in [0.2, 0.25) is 0 Å². The molecule has 2 unspecified atom stereocenters. The van der Waals surface area contributed by atoms with Crippen LogP contribution in [0.25, 0.3) is 0 Å². The molecular weight excluding hydrogens is 224 g/mol. The van der Waals surface area contributed by atoms with Gasteiger partial charge in [0.05, 0.1) is 11.8 Å². The third-order valence-corrected chi connectivity index (χ3v) is 3.74. The van der Waals surface area contributed by atoms with Crippen LogP contribution in [-0.4, -0.2) is 47.5 Å². The predicted molar refractivity (Wildman–Crippen MR) is 70.9 cm³/mol. The zero-order chi connectivity index (χ0) is 13.0. The first kappa shape index (κ1) is 13.0. The number of nitrogens with zero attached hydrogens (tertiary/aromatic N) is 4. The number of hydrogen-bond donors (Lipinski definition) is 0. The van der Waals surface area contributed by atoms with Crippen molar-refractivity contribution in [2.45, 2.75) is 25.4 Å². The summed E-state index contributed by atoms with van der Waals surface area (Å²) in [6, 6.07) is 8.49. The fraction of sp³-hybridized carbons (Fsp3) is 0.571. The molecule has 4 heteroatoms. The van der Waals surface area contributed by atoms with E-state index in [0.717, 1.165) is 31.7 Å². The van der Waals surface area contributed by atoms with Gasteiger partial charge in [-0.2, -0.15) is 5.26 Å². The van der Waals surface area contributed by atoms with Crippen LogP contribution in [0.3, 0.4) is 0 Å². The molecular formula is C14H20N4. The van der Waals surface area contributed by atoms with Crippen LogP contribution >= 0.6 is 0 Å². The van der Waals surface area contributed by atoms with Crippen LogP contribution in [0.15, 0.2) is 24.4 Å². The van der Waals surface area contributed by atoms with Gasteiger partial charge in [0.1, 0.15) is 6.04 Å². The second-order valence-corrected chi connectivity index (χ2v) is 4.82. The van der Waals surface area contributed by atoms with Crippen molar-refractivity contribution in [3.8, 4) is 6.07 Å². The number of piperazine rings is 1. The topological polar surface area (TPSA) is 43.2 Å². The number of rotatable bonds is 3. The maximum Gasteiger partial charge on any atom is 0.141 e. The van der Waals surface area contributed by atoms with Crippen LogP contribution in [0.4, 0.5) is 0 Å². The fourth-order valence-corrected chi connectivity index (χ4v) is 2.52. The third-order valence-electron chi connectivity index (χ3n) is 3.74. The average molecular weight is 244 g/mol. The van der Waals surface area contributed by atoms with Gasteiger partial charge in [-0.15, -0.1) is 0 Å². The highest BCUT2D eigenvalue weighted by atomic mass is 15.3. The molecule has 0 radical (unpaired) electrons. The van der Waals surface area contributed by atoms with E-state index in [9.17, 15) is 5.26 Å². The first-order chi connectivity index (χ1) is 8.76. The molecule has 1 fully saturated rings. The predicted octanol–water partition coefficient (Wildman–Crippen LogP) is 1.67. The van der Waals surface area contributed by atoms with E-state index in [-0.39, 0.29) is 6.04 Å². The van der Waals surface area contributed by atoms with Crippen molar-refractivity contribution in [3.05, 3.63) is 30.1 Å². The number of aromatic nitrogens is 1. The van der Waals surface area contributed by atoms with E-state index < -0.39 is 0 Å². The fourth-order valence-electron chi connectivity index (χ4n) is 2.52. The lowest BCUT2D eigenvalue weighted by Gasteiger charge is -2.40. The summed E-state index contributed by atoms with van der Waals surface area (Å²) in [4.78, 5) is 8.94. The molecule has 2 heterocycles. The van der Waals surface area contributed by atoms with Crippen LogP contribution in [0, 0.1) is 11.3 Å². The molecule has 0 aromatic carbocycles. The summed E-state index contributed by atoms with van der Waals surface area (Å²) in [5.74, 6) is 0. The smallest absolute Gasteiger partial charge is 0.141 e. The lowest BCUT2D eigenvalue weighted by Crippen LogP contribution is -2.51. The summed E-state index contributed by atoms with van der Waals surface area (Å²) in [6.07, 6.45) is 2.88. The van der Waals surface area contributed by atoms with E-state index in [1.54, 1.807) is 6.20 Å². The van der Waals surface area contributed by atoms with Crippen LogP contribution in [0.5, 0.6) is 0 Å². The summed E-state index contributed by atoms with van der Waals surface area (Å²) in [5, 5.41) is 9.41. The minimum Gasteiger partial charge on any atom is -0.301 e. The van der Waals surface area contributed by atoms with Crippen LogP contribution in [0.2, 0.25) is 0 Å². The molecule has 0 amide bonds. The summed E-state index contributed by atoms with van der Waals surface area (Å²) in [6.45, 7) is 5.10. The lowest BCUT2D eigenvalue weighted by atomic mass is 10.1. The molecule has 0 spiro atoms. The van der Waals surface area contributed by atoms with Crippen molar-refractivity contribution in [2.24, 2.45) is 0 Å². The number of likely N-dealkylation sites (N-methyl/N-ethyl adjacent to an activating group) is 1. The van der Waals surface area contributed by atoms with E-state index in [2.05, 4.69) is 34.8 Å². The van der Waals surface area contributed by atoms with Gasteiger partial charge < -0.3 is 4.90 Å². The Morgan fingerprint density at radius 1 is 1.50 bits per heavy atom. The maximum atomic E-state index is 9.41. The highest BCUT2D eigenvalue weighted by Crippen LogP contribution is 2.22. The zero-order valence-electron chi connectivity index (χ0n) is 11.1. The minimum atomic E-state index is -0.214. The van der Waals surface area contributed by atoms with Gasteiger partial charge in [0.25, 0.3) is 0 Å². The summed E-state index contributed by atoms with van der Waals surface area (Å²) < 4.78 is 0. The molecule has 1 saturated heterocycles. The van der Waals surface area contributed by atoms with E-state index in [1.807, 2.05) is 18.2 Å². The Morgan fingerprint density at radius 2 is 2.33 bits per heavy atom. The molecule has 0 aliphatic carbocycles. The second-order valence-electron chi connectivity index (χ2n) is 4.82. The first-order valence-electron chi connectivity index (χ1n) is 6.51. The standard InChI is InChI=1S/C14H20N4/c1-3-12-11-18(9-8-17(12)2)14(10-15)13-6-4-5-7-16-13/h4-7,12,14H,3,8-9,11H2,1-2H3. The molecule has 0 N–H and O–H groups in total. The van der Waals surface area contributed by atoms with Crippen molar-refractivity contribution in [2.75, 3.05) is 26.7 Å². The molecule has 1 aliphatic heterocycles. The van der Waals surface area contributed by atoms with Gasteiger partial charge in [-0.25, -0.2) is 0 Å². The van der Waals surface area contributed by atoms with Crippen molar-refractivity contribution < 1.29 is 0 Å². The monoisotopic (exact) mass is 244 g/mol. The van der Waals surface area contributed by atoms with Crippen LogP contribution < -0.4 is 0 Å². The average Bonchev–Trinajstić information content (AvgIpc) is 2.42. The van der Waals surface area contributed by atoms with E-state index in [1.165, 1.54) is 0 Å². The Balaban J connectivity index is 2.13. The third kappa shape index (κ3) is 2.69. The van der Waals surface area contributed by atoms with Gasteiger partial charge in [-0.1, -0.05) is 13.0 Å². The van der Waals surface area contributed by atoms with Crippen LogP contribution in [0.1, 0.15) is 25.1 Å². The number of pyridine rings is 1. The zero-order valence-corrected chi connectivity index (χ0v) is 11.1. The Labute approximate surface area is 109 Å². The molecule has 18 heavy (non-hydrogen) atoms. The quantitative estimate of drug-likeness (QED) is 0.811. The highest BCUT2D eigenvalue weighted by molar-refractivity contribution is 5.16. The Hall–Kier alpha value is -1.44. The van der Waals surface area contributed by atoms with Crippen molar-refractivity contribution in [3.63, 3.8) is 0 Å². The van der Waals surface area contributed by atoms with E-state index in [4.69, 9.17) is 0 Å². The van der Waals surface area contributed by atoms with Crippen molar-refractivity contribution in [1.29, 1.82) is 5.26 Å². The molecule has 0 bridgehead atoms. The molecule has 2 atom stereocenters. The van der Waals surface area contributed by atoms with Gasteiger partial charge in [-0.3, -0.25) is 9.88 Å². The molecule has 1 aromatic rings. The number of nitriles is 1. The molecule has 1 aromatic heterocycles. The van der Waals surface area contributed by atoms with E-state index >= 15 is 0 Å². The van der Waals surface area contributed by atoms with Crippen molar-refractivity contribution >= 4 is 0 Å². The Kier molecular flexibility index (Phi) is 4.29. The van der Waals surface area contributed by atoms with Gasteiger partial charge in [0.15, 0.2) is 0 Å². The largest absolute Gasteiger partial charge is 0.301 e. The summed E-state index contributed by atoms with van der Waals surface area (Å²) in [7, 11) is 2.16. The molecule has 0 saturated carbocycles. The SMILES string of the molecule is CCC1CN(C(C#N)c2ccccn2)CCN1C. The summed E-state index contributed by atoms with van der Waals surface area (Å²) in [5.41, 5.74) is 0.861. The second kappa shape index (κ2) is 5.94. The number of hydrogen-bond acceptors (Lipinski definition) is 4. The van der Waals surface area contributed by atoms with Gasteiger partial charge in [-0.05, 0) is 25.6 Å². The Morgan fingerprint density at radius 3 is 2.94 bits per heavy atom. The summed E-state index contributed by atoms with van der Waals surface area (Å²) >= 11 is 0. The normalized spacial score (nSPS) is 23.5. The van der Waals surface area contributed by atoms with Crippen LogP contribution in [-0.2, 0) is 0 Å². The molecule has 2 rings (SSSR count). The minimum absolute atomic E-state index is 0.214. The van der Waals surface area contributed by atoms with Crippen molar-refractivity contribution in [1.82, 2.24) is 14.8 Å². The highest BCUT2D eigenvalue weighted by Gasteiger charge is 2.29. The van der Waals surface area contributed by atoms with Gasteiger partial charge in [0, 0.05) is 31.9 Å². The Bertz CT molecular complexity index is 412. The lowest BCUT2D eigenvalue weighted by molar-refractivity contribution is 0.0763. The van der Waals surface area contributed by atoms with E-state index in [0.29, 0.717) is 6.04 Å².